The van der Waals surface area contributed by atoms with Crippen LogP contribution in [0, 0.1) is 12.8 Å². The molecule has 1 N–H and O–H groups in total. The van der Waals surface area contributed by atoms with Crippen LogP contribution >= 0.6 is 0 Å². The summed E-state index contributed by atoms with van der Waals surface area (Å²) in [7, 11) is 3.28. The van der Waals surface area contributed by atoms with Gasteiger partial charge in [-0.05, 0) is 55.7 Å². The van der Waals surface area contributed by atoms with Crippen molar-refractivity contribution in [2.45, 2.75) is 54.4 Å². The van der Waals surface area contributed by atoms with Crippen molar-refractivity contribution >= 4 is 29.0 Å². The number of benzene rings is 2. The monoisotopic (exact) mass is 477 g/mol. The van der Waals surface area contributed by atoms with Crippen molar-refractivity contribution in [2.24, 2.45) is 10.9 Å². The van der Waals surface area contributed by atoms with Crippen molar-refractivity contribution in [2.75, 3.05) is 14.1 Å². The number of aromatic nitrogens is 1. The van der Waals surface area contributed by atoms with E-state index < -0.39 is 0 Å². The molecule has 2 aromatic carbocycles. The van der Waals surface area contributed by atoms with Gasteiger partial charge in [0.25, 0.3) is 5.91 Å². The Hall–Kier alpha value is -3.54. The number of fused-ring (bicyclic) bond motifs is 1. The summed E-state index contributed by atoms with van der Waals surface area (Å²) in [5.41, 5.74) is 4.54. The van der Waals surface area contributed by atoms with Gasteiger partial charge in [0, 0.05) is 32.3 Å². The van der Waals surface area contributed by atoms with Crippen LogP contribution in [0.2, 0.25) is 0 Å². The zero-order valence-corrected chi connectivity index (χ0v) is 22.3. The molecule has 0 saturated heterocycles. The molecule has 35 heavy (non-hydrogen) atoms. The number of ketones is 1. The van der Waals surface area contributed by atoms with Gasteiger partial charge in [0.15, 0.2) is 11.4 Å². The summed E-state index contributed by atoms with van der Waals surface area (Å²) < 4.78 is 5.78. The van der Waals surface area contributed by atoms with Gasteiger partial charge < -0.3 is 9.73 Å². The molecule has 0 fully saturated rings. The quantitative estimate of drug-likeness (QED) is 0.311. The Morgan fingerprint density at radius 1 is 1.11 bits per heavy atom. The second-order valence-corrected chi connectivity index (χ2v) is 8.45. The van der Waals surface area contributed by atoms with Gasteiger partial charge in [-0.1, -0.05) is 57.9 Å². The van der Waals surface area contributed by atoms with E-state index in [1.54, 1.807) is 45.4 Å². The van der Waals surface area contributed by atoms with Crippen LogP contribution in [0.1, 0.15) is 63.4 Å². The second-order valence-electron chi connectivity index (χ2n) is 8.45. The highest BCUT2D eigenvalue weighted by Gasteiger charge is 2.15. The molecular formula is C29H39N3O3. The molecule has 0 aliphatic carbocycles. The van der Waals surface area contributed by atoms with E-state index in [9.17, 15) is 9.59 Å². The molecule has 1 heterocycles. The third-order valence-electron chi connectivity index (χ3n) is 5.24. The van der Waals surface area contributed by atoms with Crippen molar-refractivity contribution in [3.63, 3.8) is 0 Å². The summed E-state index contributed by atoms with van der Waals surface area (Å²) in [6.07, 6.45) is 5.23. The van der Waals surface area contributed by atoms with Gasteiger partial charge in [-0.2, -0.15) is 0 Å². The number of Topliss-reactive ketones (excluding diaryl/α,β-unsaturated/α-hetero) is 1. The number of nitrogens with one attached hydrogen (secondary N) is 1. The van der Waals surface area contributed by atoms with E-state index in [1.807, 2.05) is 44.2 Å². The molecule has 1 amide bonds. The van der Waals surface area contributed by atoms with Crippen molar-refractivity contribution in [3.05, 3.63) is 65.2 Å². The summed E-state index contributed by atoms with van der Waals surface area (Å²) in [4.78, 5) is 30.9. The SMILES string of the molecule is CCC(=O)/C(C)=C/C=NC.CCC(C)C.CNC(=O)c1cccc2nc(-c3ccc(C)cc3)oc12. The summed E-state index contributed by atoms with van der Waals surface area (Å²) in [6.45, 7) is 12.3. The van der Waals surface area contributed by atoms with Crippen molar-refractivity contribution in [1.82, 2.24) is 10.3 Å². The largest absolute Gasteiger partial charge is 0.435 e. The third kappa shape index (κ3) is 9.69. The highest BCUT2D eigenvalue weighted by molar-refractivity contribution is 6.04. The van der Waals surface area contributed by atoms with Crippen LogP contribution in [0.3, 0.4) is 0 Å². The first-order valence-electron chi connectivity index (χ1n) is 12.0. The molecule has 1 aromatic heterocycles. The van der Waals surface area contributed by atoms with Crippen LogP contribution in [-0.2, 0) is 4.79 Å². The minimum atomic E-state index is -0.179. The number of oxazole rings is 1. The molecule has 3 rings (SSSR count). The van der Waals surface area contributed by atoms with E-state index in [-0.39, 0.29) is 11.7 Å². The maximum Gasteiger partial charge on any atom is 0.254 e. The van der Waals surface area contributed by atoms with Gasteiger partial charge in [-0.25, -0.2) is 4.98 Å². The number of carbonyl (C=O) groups excluding carboxylic acids is 2. The molecule has 0 atom stereocenters. The number of carbonyl (C=O) groups is 2. The van der Waals surface area contributed by atoms with E-state index in [0.717, 1.165) is 17.1 Å². The maximum absolute atomic E-state index is 11.8. The van der Waals surface area contributed by atoms with Crippen molar-refractivity contribution < 1.29 is 14.0 Å². The first kappa shape index (κ1) is 29.5. The average molecular weight is 478 g/mol. The highest BCUT2D eigenvalue weighted by atomic mass is 16.3. The Kier molecular flexibility index (Phi) is 13.0. The van der Waals surface area contributed by atoms with E-state index >= 15 is 0 Å². The Morgan fingerprint density at radius 3 is 2.26 bits per heavy atom. The number of hydrogen-bond donors (Lipinski definition) is 1. The Morgan fingerprint density at radius 2 is 1.74 bits per heavy atom. The molecule has 6 nitrogen and oxygen atoms in total. The lowest BCUT2D eigenvalue weighted by Gasteiger charge is -1.99. The normalized spacial score (nSPS) is 11.1. The number of aliphatic imine (C=N–C) groups is 1. The van der Waals surface area contributed by atoms with Crippen molar-refractivity contribution in [3.8, 4) is 11.5 Å². The molecule has 6 heteroatoms. The van der Waals surface area contributed by atoms with Gasteiger partial charge in [0.1, 0.15) is 5.52 Å². The van der Waals surface area contributed by atoms with Crippen LogP contribution in [0.4, 0.5) is 0 Å². The lowest BCUT2D eigenvalue weighted by Crippen LogP contribution is -2.17. The van der Waals surface area contributed by atoms with Gasteiger partial charge in [-0.3, -0.25) is 14.6 Å². The molecule has 0 unspecified atom stereocenters. The topological polar surface area (TPSA) is 84.6 Å². The predicted octanol–water partition coefficient (Wildman–Crippen LogP) is 6.83. The molecule has 0 saturated carbocycles. The average Bonchev–Trinajstić information content (AvgIpc) is 3.31. The predicted molar refractivity (Wildman–Crippen MR) is 146 cm³/mol. The summed E-state index contributed by atoms with van der Waals surface area (Å²) in [6, 6.07) is 13.3. The fourth-order valence-corrected chi connectivity index (χ4v) is 2.64. The minimum absolute atomic E-state index is 0.179. The highest BCUT2D eigenvalue weighted by Crippen LogP contribution is 2.26. The number of rotatable bonds is 6. The van der Waals surface area contributed by atoms with Crippen LogP contribution in [0.5, 0.6) is 0 Å². The molecule has 0 aliphatic rings. The summed E-state index contributed by atoms with van der Waals surface area (Å²) >= 11 is 0. The first-order chi connectivity index (χ1) is 16.7. The Bertz CT molecular complexity index is 1140. The smallest absolute Gasteiger partial charge is 0.254 e. The molecule has 3 aromatic rings. The zero-order valence-electron chi connectivity index (χ0n) is 22.3. The summed E-state index contributed by atoms with van der Waals surface area (Å²) in [5, 5.41) is 2.60. The number of aryl methyl sites for hydroxylation is 1. The van der Waals surface area contributed by atoms with Gasteiger partial charge >= 0.3 is 0 Å². The van der Waals surface area contributed by atoms with Gasteiger partial charge in [-0.15, -0.1) is 0 Å². The number of nitrogens with zero attached hydrogens (tertiary/aromatic N) is 2. The zero-order chi connectivity index (χ0) is 26.4. The second kappa shape index (κ2) is 15.4. The number of allylic oxidation sites excluding steroid dienone is 2. The van der Waals surface area contributed by atoms with E-state index in [1.165, 1.54) is 12.0 Å². The van der Waals surface area contributed by atoms with E-state index in [0.29, 0.717) is 29.0 Å². The van der Waals surface area contributed by atoms with Crippen LogP contribution in [-0.4, -0.2) is 37.0 Å². The van der Waals surface area contributed by atoms with Gasteiger partial charge in [0.05, 0.1) is 5.56 Å². The standard InChI is InChI=1S/C16H14N2O2.C8H13NO.C5H12/c1-10-6-8-11(9-7-10)16-18-13-5-3-4-12(14(13)20-16)15(19)17-2;1-4-8(10)7(2)5-6-9-3;1-4-5(2)3/h3-9H,1-2H3,(H,17,19);5-6H,4H2,1-3H3;5H,4H2,1-3H3/b;7-5+,9-6?;. The van der Waals surface area contributed by atoms with E-state index in [2.05, 4.69) is 36.1 Å². The summed E-state index contributed by atoms with van der Waals surface area (Å²) in [5.74, 6) is 1.41. The Labute approximate surface area is 209 Å². The molecule has 0 bridgehead atoms. The van der Waals surface area contributed by atoms with Crippen LogP contribution in [0.25, 0.3) is 22.6 Å². The fourth-order valence-electron chi connectivity index (χ4n) is 2.64. The molecule has 0 radical (unpaired) electrons. The molecule has 188 valence electrons. The van der Waals surface area contributed by atoms with Crippen molar-refractivity contribution in [1.29, 1.82) is 0 Å². The van der Waals surface area contributed by atoms with Gasteiger partial charge in [0.2, 0.25) is 5.89 Å². The molecule has 0 aliphatic heterocycles. The fraction of sp³-hybridized carbons (Fsp3) is 0.379. The minimum Gasteiger partial charge on any atom is -0.435 e. The van der Waals surface area contributed by atoms with E-state index in [4.69, 9.17) is 4.42 Å². The van der Waals surface area contributed by atoms with Crippen LogP contribution in [0.15, 0.2) is 63.5 Å². The number of hydrogen-bond acceptors (Lipinski definition) is 5. The lowest BCUT2D eigenvalue weighted by molar-refractivity contribution is -0.115. The number of amides is 1. The Balaban J connectivity index is 0.000000343. The number of para-hydroxylation sites is 1. The molecular weight excluding hydrogens is 438 g/mol. The van der Waals surface area contributed by atoms with Crippen LogP contribution < -0.4 is 5.32 Å². The third-order valence-corrected chi connectivity index (χ3v) is 5.24. The lowest BCUT2D eigenvalue weighted by atomic mass is 10.1. The first-order valence-corrected chi connectivity index (χ1v) is 12.0. The maximum atomic E-state index is 11.8. The molecule has 0 spiro atoms.